The number of ether oxygens (including phenoxy) is 3. The summed E-state index contributed by atoms with van der Waals surface area (Å²) in [6.45, 7) is 5.82. The van der Waals surface area contributed by atoms with E-state index in [9.17, 15) is 0 Å². The summed E-state index contributed by atoms with van der Waals surface area (Å²) in [6.07, 6.45) is 7.64. The number of nitrogens with one attached hydrogen (secondary N) is 1. The lowest BCUT2D eigenvalue weighted by Crippen LogP contribution is -2.36. The highest BCUT2D eigenvalue weighted by atomic mass is 16.5. The third-order valence-corrected chi connectivity index (χ3v) is 6.24. The molecular formula is C25H31N5O3. The lowest BCUT2D eigenvalue weighted by atomic mass is 9.93. The van der Waals surface area contributed by atoms with Crippen molar-refractivity contribution in [2.24, 2.45) is 0 Å². The molecule has 0 bridgehead atoms. The number of hydrogen-bond acceptors (Lipinski definition) is 8. The zero-order chi connectivity index (χ0) is 22.5. The van der Waals surface area contributed by atoms with Crippen molar-refractivity contribution in [3.63, 3.8) is 0 Å². The van der Waals surface area contributed by atoms with E-state index < -0.39 is 0 Å². The molecule has 2 aliphatic rings. The molecule has 1 saturated carbocycles. The van der Waals surface area contributed by atoms with Crippen LogP contribution in [0, 0.1) is 0 Å². The quantitative estimate of drug-likeness (QED) is 0.578. The minimum Gasteiger partial charge on any atom is -0.488 e. The van der Waals surface area contributed by atoms with E-state index in [1.54, 1.807) is 12.4 Å². The molecule has 2 aromatic heterocycles. The van der Waals surface area contributed by atoms with Gasteiger partial charge in [0, 0.05) is 49.3 Å². The molecule has 0 spiro atoms. The van der Waals surface area contributed by atoms with E-state index in [1.807, 2.05) is 25.1 Å². The first-order valence-electron chi connectivity index (χ1n) is 11.9. The van der Waals surface area contributed by atoms with Crippen molar-refractivity contribution in [2.45, 2.75) is 44.8 Å². The standard InChI is InChI=1S/C25H31N5O3/c1-2-32-24-5-3-4-23(29-24)28-18-6-8-20(9-7-18)33-22-17-19(30-12-14-31-15-13-30)16-21-25(22)27-11-10-26-21/h3-5,10-11,16-18,20H,2,6-9,12-15H2,1H3,(H,28,29). The van der Waals surface area contributed by atoms with Gasteiger partial charge in [-0.3, -0.25) is 4.98 Å². The molecule has 1 aliphatic heterocycles. The molecule has 3 heterocycles. The number of pyridine rings is 1. The van der Waals surface area contributed by atoms with Crippen molar-refractivity contribution in [3.8, 4) is 11.6 Å². The minimum atomic E-state index is 0.163. The number of nitrogens with zero attached hydrogens (tertiary/aromatic N) is 4. The molecule has 5 rings (SSSR count). The number of aromatic nitrogens is 3. The van der Waals surface area contributed by atoms with Crippen molar-refractivity contribution >= 4 is 22.5 Å². The first-order valence-corrected chi connectivity index (χ1v) is 11.9. The van der Waals surface area contributed by atoms with Crippen LogP contribution in [0.3, 0.4) is 0 Å². The zero-order valence-corrected chi connectivity index (χ0v) is 19.1. The number of anilines is 2. The highest BCUT2D eigenvalue weighted by molar-refractivity contribution is 5.85. The van der Waals surface area contributed by atoms with Gasteiger partial charge in [-0.05, 0) is 44.7 Å². The Morgan fingerprint density at radius 3 is 2.70 bits per heavy atom. The van der Waals surface area contributed by atoms with Gasteiger partial charge in [0.2, 0.25) is 5.88 Å². The monoisotopic (exact) mass is 449 g/mol. The van der Waals surface area contributed by atoms with E-state index in [0.717, 1.165) is 80.3 Å². The number of benzene rings is 1. The summed E-state index contributed by atoms with van der Waals surface area (Å²) in [7, 11) is 0. The Balaban J connectivity index is 1.25. The van der Waals surface area contributed by atoms with Gasteiger partial charge in [-0.2, -0.15) is 4.98 Å². The number of rotatable bonds is 7. The summed E-state index contributed by atoms with van der Waals surface area (Å²) in [5.74, 6) is 2.35. The molecule has 3 aromatic rings. The van der Waals surface area contributed by atoms with Crippen molar-refractivity contribution in [1.29, 1.82) is 0 Å². The predicted molar refractivity (Wildman–Crippen MR) is 128 cm³/mol. The Kier molecular flexibility index (Phi) is 6.71. The van der Waals surface area contributed by atoms with Crippen LogP contribution in [0.4, 0.5) is 11.5 Å². The van der Waals surface area contributed by atoms with E-state index in [4.69, 9.17) is 14.2 Å². The number of hydrogen-bond donors (Lipinski definition) is 1. The fraction of sp³-hybridized carbons (Fsp3) is 0.480. The second-order valence-corrected chi connectivity index (χ2v) is 8.50. The van der Waals surface area contributed by atoms with Crippen molar-refractivity contribution in [2.75, 3.05) is 43.1 Å². The number of morpholine rings is 1. The van der Waals surface area contributed by atoms with Gasteiger partial charge in [-0.25, -0.2) is 4.98 Å². The van der Waals surface area contributed by atoms with Crippen LogP contribution in [0.2, 0.25) is 0 Å². The second-order valence-electron chi connectivity index (χ2n) is 8.50. The Bertz CT molecular complexity index is 1060. The molecule has 0 atom stereocenters. The highest BCUT2D eigenvalue weighted by Crippen LogP contribution is 2.33. The van der Waals surface area contributed by atoms with Crippen LogP contribution in [0.25, 0.3) is 11.0 Å². The summed E-state index contributed by atoms with van der Waals surface area (Å²) < 4.78 is 17.6. The smallest absolute Gasteiger partial charge is 0.215 e. The third kappa shape index (κ3) is 5.27. The molecule has 1 aromatic carbocycles. The van der Waals surface area contributed by atoms with E-state index >= 15 is 0 Å². The molecular weight excluding hydrogens is 418 g/mol. The molecule has 1 N–H and O–H groups in total. The molecule has 8 heteroatoms. The highest BCUT2D eigenvalue weighted by Gasteiger charge is 2.24. The van der Waals surface area contributed by atoms with Crippen LogP contribution in [-0.4, -0.2) is 60.0 Å². The van der Waals surface area contributed by atoms with Crippen molar-refractivity contribution < 1.29 is 14.2 Å². The van der Waals surface area contributed by atoms with E-state index in [1.165, 1.54) is 0 Å². The average Bonchev–Trinajstić information content (AvgIpc) is 2.86. The van der Waals surface area contributed by atoms with Crippen molar-refractivity contribution in [1.82, 2.24) is 15.0 Å². The maximum absolute atomic E-state index is 6.53. The van der Waals surface area contributed by atoms with Gasteiger partial charge in [-0.15, -0.1) is 0 Å². The molecule has 0 radical (unpaired) electrons. The SMILES string of the molecule is CCOc1cccc(NC2CCC(Oc3cc(N4CCOCC4)cc4nccnc34)CC2)n1. The van der Waals surface area contributed by atoms with Crippen LogP contribution < -0.4 is 19.7 Å². The molecule has 174 valence electrons. The first kappa shape index (κ1) is 21.7. The molecule has 33 heavy (non-hydrogen) atoms. The summed E-state index contributed by atoms with van der Waals surface area (Å²) in [5.41, 5.74) is 2.82. The van der Waals surface area contributed by atoms with E-state index in [0.29, 0.717) is 18.5 Å². The number of fused-ring (bicyclic) bond motifs is 1. The summed E-state index contributed by atoms with van der Waals surface area (Å²) >= 11 is 0. The van der Waals surface area contributed by atoms with Crippen LogP contribution >= 0.6 is 0 Å². The van der Waals surface area contributed by atoms with Crippen molar-refractivity contribution in [3.05, 3.63) is 42.7 Å². The Labute approximate surface area is 194 Å². The van der Waals surface area contributed by atoms with E-state index in [-0.39, 0.29) is 6.10 Å². The molecule has 2 fully saturated rings. The van der Waals surface area contributed by atoms with Crippen LogP contribution in [-0.2, 0) is 4.74 Å². The lowest BCUT2D eigenvalue weighted by Gasteiger charge is -2.31. The topological polar surface area (TPSA) is 81.6 Å². The minimum absolute atomic E-state index is 0.163. The Morgan fingerprint density at radius 2 is 1.88 bits per heavy atom. The fourth-order valence-corrected chi connectivity index (χ4v) is 4.56. The molecule has 8 nitrogen and oxygen atoms in total. The third-order valence-electron chi connectivity index (χ3n) is 6.24. The molecule has 1 aliphatic carbocycles. The van der Waals surface area contributed by atoms with Gasteiger partial charge >= 0.3 is 0 Å². The normalized spacial score (nSPS) is 21.1. The van der Waals surface area contributed by atoms with Gasteiger partial charge in [0.25, 0.3) is 0 Å². The summed E-state index contributed by atoms with van der Waals surface area (Å²) in [6, 6.07) is 10.5. The lowest BCUT2D eigenvalue weighted by molar-refractivity contribution is 0.122. The van der Waals surface area contributed by atoms with Crippen LogP contribution in [0.15, 0.2) is 42.7 Å². The summed E-state index contributed by atoms with van der Waals surface area (Å²) in [4.78, 5) is 16.0. The Hall–Kier alpha value is -3.13. The van der Waals surface area contributed by atoms with Gasteiger partial charge in [0.05, 0.1) is 31.4 Å². The largest absolute Gasteiger partial charge is 0.488 e. The maximum atomic E-state index is 6.53. The summed E-state index contributed by atoms with van der Waals surface area (Å²) in [5, 5.41) is 3.56. The molecule has 0 amide bonds. The predicted octanol–water partition coefficient (Wildman–Crippen LogP) is 4.06. The molecule has 1 saturated heterocycles. The van der Waals surface area contributed by atoms with E-state index in [2.05, 4.69) is 37.3 Å². The average molecular weight is 450 g/mol. The van der Waals surface area contributed by atoms with Gasteiger partial charge in [0.15, 0.2) is 0 Å². The van der Waals surface area contributed by atoms with Gasteiger partial charge in [-0.1, -0.05) is 6.07 Å². The Morgan fingerprint density at radius 1 is 1.06 bits per heavy atom. The maximum Gasteiger partial charge on any atom is 0.215 e. The fourth-order valence-electron chi connectivity index (χ4n) is 4.56. The first-order chi connectivity index (χ1) is 16.3. The van der Waals surface area contributed by atoms with Gasteiger partial charge in [0.1, 0.15) is 17.1 Å². The second kappa shape index (κ2) is 10.2. The van der Waals surface area contributed by atoms with Gasteiger partial charge < -0.3 is 24.4 Å². The zero-order valence-electron chi connectivity index (χ0n) is 19.1. The van der Waals surface area contributed by atoms with Crippen LogP contribution in [0.5, 0.6) is 11.6 Å². The molecule has 0 unspecified atom stereocenters. The van der Waals surface area contributed by atoms with Crippen LogP contribution in [0.1, 0.15) is 32.6 Å².